The summed E-state index contributed by atoms with van der Waals surface area (Å²) in [4.78, 5) is 11.7. The van der Waals surface area contributed by atoms with E-state index in [9.17, 15) is 9.90 Å². The van der Waals surface area contributed by atoms with Crippen LogP contribution in [0.25, 0.3) is 0 Å². The first-order valence-corrected chi connectivity index (χ1v) is 6.10. The summed E-state index contributed by atoms with van der Waals surface area (Å²) >= 11 is 0. The van der Waals surface area contributed by atoms with E-state index >= 15 is 0 Å². The molecule has 0 amide bonds. The molecule has 1 fully saturated rings. The minimum atomic E-state index is -0.663. The second-order valence-electron chi connectivity index (χ2n) is 5.14. The first-order chi connectivity index (χ1) is 8.22. The number of hydrogen-bond acceptors (Lipinski definition) is 2. The van der Waals surface area contributed by atoms with Gasteiger partial charge in [0, 0.05) is 12.5 Å². The predicted octanol–water partition coefficient (Wildman–Crippen LogP) is 1.89. The standard InChI is InChI=1S/C14H16O3/c15-13(16)14(12-5-6-17-9-12)7-10-3-1-2-4-11(10)8-14/h1-4,12H,5-9H2,(H,15,16). The number of rotatable bonds is 2. The lowest BCUT2D eigenvalue weighted by atomic mass is 9.72. The van der Waals surface area contributed by atoms with Crippen molar-refractivity contribution in [2.24, 2.45) is 11.3 Å². The van der Waals surface area contributed by atoms with Crippen molar-refractivity contribution >= 4 is 5.97 Å². The number of carboxylic acids is 1. The zero-order valence-corrected chi connectivity index (χ0v) is 9.69. The Labute approximate surface area is 100 Å². The molecule has 1 aliphatic carbocycles. The van der Waals surface area contributed by atoms with Crippen molar-refractivity contribution in [1.82, 2.24) is 0 Å². The van der Waals surface area contributed by atoms with Crippen LogP contribution >= 0.6 is 0 Å². The van der Waals surface area contributed by atoms with Gasteiger partial charge in [-0.15, -0.1) is 0 Å². The fraction of sp³-hybridized carbons (Fsp3) is 0.500. The van der Waals surface area contributed by atoms with Crippen LogP contribution in [0.3, 0.4) is 0 Å². The lowest BCUT2D eigenvalue weighted by Crippen LogP contribution is -2.40. The summed E-state index contributed by atoms with van der Waals surface area (Å²) < 4.78 is 5.38. The molecule has 3 nitrogen and oxygen atoms in total. The van der Waals surface area contributed by atoms with Crippen LogP contribution in [0.5, 0.6) is 0 Å². The number of carbonyl (C=O) groups is 1. The summed E-state index contributed by atoms with van der Waals surface area (Å²) in [6.45, 7) is 1.30. The van der Waals surface area contributed by atoms with E-state index < -0.39 is 11.4 Å². The van der Waals surface area contributed by atoms with Crippen molar-refractivity contribution in [3.63, 3.8) is 0 Å². The van der Waals surface area contributed by atoms with Crippen LogP contribution in [0.4, 0.5) is 0 Å². The summed E-state index contributed by atoms with van der Waals surface area (Å²) in [6.07, 6.45) is 2.19. The molecule has 1 heterocycles. The molecule has 1 atom stereocenters. The molecule has 3 heteroatoms. The summed E-state index contributed by atoms with van der Waals surface area (Å²) in [7, 11) is 0. The summed E-state index contributed by atoms with van der Waals surface area (Å²) in [5.74, 6) is -0.503. The van der Waals surface area contributed by atoms with Gasteiger partial charge in [0.15, 0.2) is 0 Å². The second kappa shape index (κ2) is 3.84. The van der Waals surface area contributed by atoms with Crippen molar-refractivity contribution in [3.8, 4) is 0 Å². The average Bonchev–Trinajstić information content (AvgIpc) is 2.96. The van der Waals surface area contributed by atoms with Crippen LogP contribution in [0.1, 0.15) is 17.5 Å². The average molecular weight is 232 g/mol. The molecule has 17 heavy (non-hydrogen) atoms. The van der Waals surface area contributed by atoms with Gasteiger partial charge >= 0.3 is 5.97 Å². The number of hydrogen-bond donors (Lipinski definition) is 1. The minimum Gasteiger partial charge on any atom is -0.481 e. The van der Waals surface area contributed by atoms with Crippen LogP contribution < -0.4 is 0 Å². The smallest absolute Gasteiger partial charge is 0.310 e. The fourth-order valence-electron chi connectivity index (χ4n) is 3.23. The van der Waals surface area contributed by atoms with Gasteiger partial charge in [-0.05, 0) is 30.4 Å². The predicted molar refractivity (Wildman–Crippen MR) is 62.8 cm³/mol. The Bertz CT molecular complexity index is 422. The van der Waals surface area contributed by atoms with Crippen molar-refractivity contribution in [2.75, 3.05) is 13.2 Å². The summed E-state index contributed by atoms with van der Waals surface area (Å²) in [5, 5.41) is 9.64. The Kier molecular flexibility index (Phi) is 2.44. The monoisotopic (exact) mass is 232 g/mol. The van der Waals surface area contributed by atoms with E-state index in [0.717, 1.165) is 6.42 Å². The number of benzene rings is 1. The van der Waals surface area contributed by atoms with Crippen molar-refractivity contribution in [3.05, 3.63) is 35.4 Å². The third-order valence-corrected chi connectivity index (χ3v) is 4.27. The molecular weight excluding hydrogens is 216 g/mol. The van der Waals surface area contributed by atoms with Gasteiger partial charge in [-0.1, -0.05) is 24.3 Å². The van der Waals surface area contributed by atoms with Crippen LogP contribution in [0.2, 0.25) is 0 Å². The Morgan fingerprint density at radius 3 is 2.41 bits per heavy atom. The SMILES string of the molecule is O=C(O)C1(C2CCOC2)Cc2ccccc2C1. The molecule has 1 aromatic rings. The fourth-order valence-corrected chi connectivity index (χ4v) is 3.23. The molecule has 0 spiro atoms. The molecule has 0 radical (unpaired) electrons. The van der Waals surface area contributed by atoms with E-state index in [1.54, 1.807) is 0 Å². The molecule has 1 aliphatic heterocycles. The number of aliphatic carboxylic acids is 1. The van der Waals surface area contributed by atoms with Crippen molar-refractivity contribution in [1.29, 1.82) is 0 Å². The highest BCUT2D eigenvalue weighted by Gasteiger charge is 2.50. The molecule has 90 valence electrons. The number of ether oxygens (including phenoxy) is 1. The van der Waals surface area contributed by atoms with E-state index in [1.807, 2.05) is 12.1 Å². The Morgan fingerprint density at radius 2 is 1.94 bits per heavy atom. The zero-order chi connectivity index (χ0) is 11.9. The van der Waals surface area contributed by atoms with E-state index in [2.05, 4.69) is 12.1 Å². The molecule has 2 aliphatic rings. The molecule has 1 N–H and O–H groups in total. The Hall–Kier alpha value is -1.35. The summed E-state index contributed by atoms with van der Waals surface area (Å²) in [5.41, 5.74) is 1.77. The van der Waals surface area contributed by atoms with E-state index in [1.165, 1.54) is 11.1 Å². The molecule has 0 aromatic heterocycles. The van der Waals surface area contributed by atoms with Crippen molar-refractivity contribution < 1.29 is 14.6 Å². The third-order valence-electron chi connectivity index (χ3n) is 4.27. The first kappa shape index (κ1) is 10.8. The molecular formula is C14H16O3. The second-order valence-corrected chi connectivity index (χ2v) is 5.14. The number of carboxylic acid groups (broad SMARTS) is 1. The molecule has 0 bridgehead atoms. The molecule has 3 rings (SSSR count). The summed E-state index contributed by atoms with van der Waals surface area (Å²) in [6, 6.07) is 8.08. The van der Waals surface area contributed by atoms with E-state index in [-0.39, 0.29) is 5.92 Å². The van der Waals surface area contributed by atoms with Gasteiger partial charge in [0.1, 0.15) is 0 Å². The molecule has 0 saturated carbocycles. The van der Waals surface area contributed by atoms with Gasteiger partial charge in [-0.25, -0.2) is 0 Å². The van der Waals surface area contributed by atoms with E-state index in [0.29, 0.717) is 26.1 Å². The van der Waals surface area contributed by atoms with Gasteiger partial charge in [0.25, 0.3) is 0 Å². The lowest BCUT2D eigenvalue weighted by molar-refractivity contribution is -0.152. The maximum atomic E-state index is 11.7. The van der Waals surface area contributed by atoms with E-state index in [4.69, 9.17) is 4.74 Å². The molecule has 1 unspecified atom stereocenters. The van der Waals surface area contributed by atoms with Gasteiger partial charge in [-0.3, -0.25) is 4.79 Å². The molecule has 1 saturated heterocycles. The largest absolute Gasteiger partial charge is 0.481 e. The quantitative estimate of drug-likeness (QED) is 0.847. The van der Waals surface area contributed by atoms with Crippen LogP contribution in [0.15, 0.2) is 24.3 Å². The maximum Gasteiger partial charge on any atom is 0.310 e. The Balaban J connectivity index is 1.97. The van der Waals surface area contributed by atoms with Crippen LogP contribution in [0, 0.1) is 11.3 Å². The van der Waals surface area contributed by atoms with Gasteiger partial charge in [-0.2, -0.15) is 0 Å². The van der Waals surface area contributed by atoms with Crippen molar-refractivity contribution in [2.45, 2.75) is 19.3 Å². The first-order valence-electron chi connectivity index (χ1n) is 6.10. The number of fused-ring (bicyclic) bond motifs is 1. The lowest BCUT2D eigenvalue weighted by Gasteiger charge is -2.29. The Morgan fingerprint density at radius 1 is 1.29 bits per heavy atom. The van der Waals surface area contributed by atoms with Crippen LogP contribution in [-0.4, -0.2) is 24.3 Å². The highest BCUT2D eigenvalue weighted by atomic mass is 16.5. The maximum absolute atomic E-state index is 11.7. The third kappa shape index (κ3) is 1.57. The topological polar surface area (TPSA) is 46.5 Å². The minimum absolute atomic E-state index is 0.160. The normalized spacial score (nSPS) is 25.8. The van der Waals surface area contributed by atoms with Crippen LogP contribution in [-0.2, 0) is 22.4 Å². The van der Waals surface area contributed by atoms with Gasteiger partial charge in [0.05, 0.1) is 12.0 Å². The highest BCUT2D eigenvalue weighted by molar-refractivity contribution is 5.77. The molecule has 1 aromatic carbocycles. The highest BCUT2D eigenvalue weighted by Crippen LogP contribution is 2.45. The zero-order valence-electron chi connectivity index (χ0n) is 9.69. The van der Waals surface area contributed by atoms with Gasteiger partial charge < -0.3 is 9.84 Å². The van der Waals surface area contributed by atoms with Gasteiger partial charge in [0.2, 0.25) is 0 Å².